The van der Waals surface area contributed by atoms with E-state index < -0.39 is 11.8 Å². The number of rotatable bonds is 3. The molecule has 84 valence electrons. The lowest BCUT2D eigenvalue weighted by Crippen LogP contribution is -2.09. The average molecular weight is 221 g/mol. The van der Waals surface area contributed by atoms with Gasteiger partial charge in [-0.05, 0) is 31.0 Å². The molecule has 1 rings (SSSR count). The minimum absolute atomic E-state index is 0.00111. The Balaban J connectivity index is 3.32. The molecule has 0 atom stereocenters. The Hall–Kier alpha value is -1.89. The van der Waals surface area contributed by atoms with E-state index in [4.69, 9.17) is 10.00 Å². The second-order valence-corrected chi connectivity index (χ2v) is 3.17. The van der Waals surface area contributed by atoms with Gasteiger partial charge in [-0.1, -0.05) is 6.92 Å². The summed E-state index contributed by atoms with van der Waals surface area (Å²) < 4.78 is 18.0. The first-order valence-electron chi connectivity index (χ1n) is 5.03. The Bertz CT molecular complexity index is 449. The zero-order valence-electron chi connectivity index (χ0n) is 9.21. The largest absolute Gasteiger partial charge is 0.462 e. The topological polar surface area (TPSA) is 50.1 Å². The van der Waals surface area contributed by atoms with Crippen molar-refractivity contribution in [1.82, 2.24) is 0 Å². The van der Waals surface area contributed by atoms with E-state index in [9.17, 15) is 9.18 Å². The number of hydrogen-bond donors (Lipinski definition) is 0. The zero-order chi connectivity index (χ0) is 12.1. The predicted octanol–water partition coefficient (Wildman–Crippen LogP) is 2.44. The molecule has 3 nitrogen and oxygen atoms in total. The van der Waals surface area contributed by atoms with Crippen molar-refractivity contribution in [3.05, 3.63) is 34.6 Å². The molecule has 0 radical (unpaired) electrons. The third-order valence-electron chi connectivity index (χ3n) is 2.17. The van der Waals surface area contributed by atoms with E-state index in [0.717, 1.165) is 6.07 Å². The molecule has 1 aromatic carbocycles. The third-order valence-corrected chi connectivity index (χ3v) is 2.17. The van der Waals surface area contributed by atoms with Gasteiger partial charge in [-0.2, -0.15) is 5.26 Å². The molecule has 0 amide bonds. The van der Waals surface area contributed by atoms with Crippen LogP contribution < -0.4 is 0 Å². The second-order valence-electron chi connectivity index (χ2n) is 3.17. The van der Waals surface area contributed by atoms with Gasteiger partial charge in [0.1, 0.15) is 11.9 Å². The van der Waals surface area contributed by atoms with Gasteiger partial charge in [-0.15, -0.1) is 0 Å². The lowest BCUT2D eigenvalue weighted by atomic mass is 10.00. The van der Waals surface area contributed by atoms with Crippen LogP contribution in [0, 0.1) is 17.1 Å². The van der Waals surface area contributed by atoms with Gasteiger partial charge in [0.05, 0.1) is 17.7 Å². The summed E-state index contributed by atoms with van der Waals surface area (Å²) in [5.41, 5.74) is 0.717. The number of nitriles is 1. The molecule has 0 N–H and O–H groups in total. The van der Waals surface area contributed by atoms with Crippen LogP contribution in [-0.2, 0) is 11.2 Å². The normalized spacial score (nSPS) is 9.62. The van der Waals surface area contributed by atoms with Gasteiger partial charge < -0.3 is 4.74 Å². The van der Waals surface area contributed by atoms with Gasteiger partial charge >= 0.3 is 5.97 Å². The molecule has 0 saturated heterocycles. The monoisotopic (exact) mass is 221 g/mol. The molecule has 0 aromatic heterocycles. The number of carbonyl (C=O) groups excluding carboxylic acids is 1. The fourth-order valence-electron chi connectivity index (χ4n) is 1.44. The Morgan fingerprint density at radius 3 is 2.69 bits per heavy atom. The van der Waals surface area contributed by atoms with E-state index in [1.165, 1.54) is 6.07 Å². The van der Waals surface area contributed by atoms with Crippen molar-refractivity contribution in [2.45, 2.75) is 20.3 Å². The van der Waals surface area contributed by atoms with Gasteiger partial charge in [-0.3, -0.25) is 0 Å². The van der Waals surface area contributed by atoms with E-state index in [1.54, 1.807) is 13.8 Å². The summed E-state index contributed by atoms with van der Waals surface area (Å²) in [4.78, 5) is 11.5. The standard InChI is InChI=1S/C12H12FNO2/c1-3-8-5-9(13)6-10(11(8)7-14)12(15)16-4-2/h5-6H,3-4H2,1-2H3. The minimum Gasteiger partial charge on any atom is -0.462 e. The predicted molar refractivity (Wildman–Crippen MR) is 56.4 cm³/mol. The van der Waals surface area contributed by atoms with E-state index in [0.29, 0.717) is 12.0 Å². The van der Waals surface area contributed by atoms with E-state index in [2.05, 4.69) is 0 Å². The van der Waals surface area contributed by atoms with Crippen LogP contribution in [0.5, 0.6) is 0 Å². The lowest BCUT2D eigenvalue weighted by Gasteiger charge is -2.07. The highest BCUT2D eigenvalue weighted by molar-refractivity contribution is 5.92. The Kier molecular flexibility index (Phi) is 4.01. The van der Waals surface area contributed by atoms with Crippen molar-refractivity contribution in [2.75, 3.05) is 6.61 Å². The van der Waals surface area contributed by atoms with Crippen LogP contribution in [0.2, 0.25) is 0 Å². The highest BCUT2D eigenvalue weighted by atomic mass is 19.1. The molecule has 0 spiro atoms. The van der Waals surface area contributed by atoms with Crippen LogP contribution in [0.3, 0.4) is 0 Å². The van der Waals surface area contributed by atoms with E-state index >= 15 is 0 Å². The molecule has 0 aliphatic carbocycles. The van der Waals surface area contributed by atoms with Crippen molar-refractivity contribution < 1.29 is 13.9 Å². The van der Waals surface area contributed by atoms with Gasteiger partial charge in [0, 0.05) is 0 Å². The summed E-state index contributed by atoms with van der Waals surface area (Å²) in [6, 6.07) is 4.22. The fourth-order valence-corrected chi connectivity index (χ4v) is 1.44. The van der Waals surface area contributed by atoms with Gasteiger partial charge in [0.2, 0.25) is 0 Å². The summed E-state index contributed by atoms with van der Waals surface area (Å²) in [7, 11) is 0. The number of ether oxygens (including phenoxy) is 1. The van der Waals surface area contributed by atoms with E-state index in [-0.39, 0.29) is 17.7 Å². The first-order chi connectivity index (χ1) is 7.63. The Morgan fingerprint density at radius 1 is 1.50 bits per heavy atom. The van der Waals surface area contributed by atoms with Crippen LogP contribution in [0.4, 0.5) is 4.39 Å². The smallest absolute Gasteiger partial charge is 0.339 e. The van der Waals surface area contributed by atoms with Crippen molar-refractivity contribution >= 4 is 5.97 Å². The minimum atomic E-state index is -0.659. The van der Waals surface area contributed by atoms with Gasteiger partial charge in [-0.25, -0.2) is 9.18 Å². The maximum absolute atomic E-state index is 13.2. The molecule has 4 heteroatoms. The summed E-state index contributed by atoms with van der Waals surface area (Å²) in [6.45, 7) is 3.65. The maximum atomic E-state index is 13.2. The number of halogens is 1. The summed E-state index contributed by atoms with van der Waals surface area (Å²) in [5.74, 6) is -1.19. The van der Waals surface area contributed by atoms with Crippen molar-refractivity contribution in [3.8, 4) is 6.07 Å². The fraction of sp³-hybridized carbons (Fsp3) is 0.333. The number of nitrogens with zero attached hydrogens (tertiary/aromatic N) is 1. The van der Waals surface area contributed by atoms with Crippen LogP contribution in [0.25, 0.3) is 0 Å². The van der Waals surface area contributed by atoms with Gasteiger partial charge in [0.15, 0.2) is 0 Å². The van der Waals surface area contributed by atoms with Crippen molar-refractivity contribution in [3.63, 3.8) is 0 Å². The molecule has 1 aromatic rings. The molecule has 0 bridgehead atoms. The summed E-state index contributed by atoms with van der Waals surface area (Å²) >= 11 is 0. The quantitative estimate of drug-likeness (QED) is 0.736. The third kappa shape index (κ3) is 2.37. The highest BCUT2D eigenvalue weighted by Crippen LogP contribution is 2.18. The number of carbonyl (C=O) groups is 1. The van der Waals surface area contributed by atoms with Gasteiger partial charge in [0.25, 0.3) is 0 Å². The van der Waals surface area contributed by atoms with Crippen molar-refractivity contribution in [2.24, 2.45) is 0 Å². The SMILES string of the molecule is CCOC(=O)c1cc(F)cc(CC)c1C#N. The molecule has 0 heterocycles. The molecule has 0 aliphatic heterocycles. The number of aryl methyl sites for hydroxylation is 1. The highest BCUT2D eigenvalue weighted by Gasteiger charge is 2.17. The number of esters is 1. The van der Waals surface area contributed by atoms with Crippen LogP contribution >= 0.6 is 0 Å². The zero-order valence-corrected chi connectivity index (χ0v) is 9.21. The number of hydrogen-bond acceptors (Lipinski definition) is 3. The molecule has 16 heavy (non-hydrogen) atoms. The Labute approximate surface area is 93.5 Å². The Morgan fingerprint density at radius 2 is 2.19 bits per heavy atom. The maximum Gasteiger partial charge on any atom is 0.339 e. The second kappa shape index (κ2) is 5.26. The average Bonchev–Trinajstić information content (AvgIpc) is 2.28. The van der Waals surface area contributed by atoms with Crippen LogP contribution in [-0.4, -0.2) is 12.6 Å². The summed E-state index contributed by atoms with van der Waals surface area (Å²) in [5, 5.41) is 8.96. The lowest BCUT2D eigenvalue weighted by molar-refractivity contribution is 0.0525. The first-order valence-corrected chi connectivity index (χ1v) is 5.03. The first kappa shape index (κ1) is 12.2. The molecule has 0 fully saturated rings. The van der Waals surface area contributed by atoms with Crippen molar-refractivity contribution in [1.29, 1.82) is 5.26 Å². The summed E-state index contributed by atoms with van der Waals surface area (Å²) in [6.07, 6.45) is 0.493. The van der Waals surface area contributed by atoms with Crippen LogP contribution in [0.15, 0.2) is 12.1 Å². The van der Waals surface area contributed by atoms with Crippen LogP contribution in [0.1, 0.15) is 35.3 Å². The number of benzene rings is 1. The van der Waals surface area contributed by atoms with E-state index in [1.807, 2.05) is 6.07 Å². The molecular weight excluding hydrogens is 209 g/mol. The molecular formula is C12H12FNO2. The molecule has 0 saturated carbocycles. The molecule has 0 unspecified atom stereocenters. The molecule has 0 aliphatic rings.